The molecular weight excluding hydrogens is 783 g/mol. The van der Waals surface area contributed by atoms with Crippen LogP contribution in [0, 0.1) is 6.92 Å². The predicted octanol–water partition coefficient (Wildman–Crippen LogP) is 15.1. The van der Waals surface area contributed by atoms with E-state index < -0.39 is 0 Å². The number of rotatable bonds is 8. The van der Waals surface area contributed by atoms with Gasteiger partial charge in [0.1, 0.15) is 23.6 Å². The van der Waals surface area contributed by atoms with Gasteiger partial charge in [0.25, 0.3) is 0 Å². The molecule has 0 aliphatic carbocycles. The third kappa shape index (κ3) is 7.55. The molecule has 0 aliphatic heterocycles. The van der Waals surface area contributed by atoms with Crippen molar-refractivity contribution in [3.8, 4) is 67.8 Å². The van der Waals surface area contributed by atoms with E-state index in [9.17, 15) is 0 Å². The highest BCUT2D eigenvalue weighted by atomic mass is 16.5. The van der Waals surface area contributed by atoms with Crippen molar-refractivity contribution in [3.05, 3.63) is 199 Å². The van der Waals surface area contributed by atoms with Gasteiger partial charge in [-0.15, -0.1) is 10.2 Å². The Bertz CT molecular complexity index is 3270. The topological polar surface area (TPSA) is 57.8 Å². The van der Waals surface area contributed by atoms with E-state index in [0.29, 0.717) is 11.6 Å². The Labute approximate surface area is 375 Å². The summed E-state index contributed by atoms with van der Waals surface area (Å²) in [4.78, 5) is 5.01. The quantitative estimate of drug-likeness (QED) is 0.153. The Kier molecular flexibility index (Phi) is 10.1. The molecule has 0 aliphatic rings. The fourth-order valence-corrected chi connectivity index (χ4v) is 9.00. The van der Waals surface area contributed by atoms with Crippen LogP contribution in [0.3, 0.4) is 0 Å². The van der Waals surface area contributed by atoms with Crippen molar-refractivity contribution >= 4 is 21.8 Å². The van der Waals surface area contributed by atoms with E-state index in [2.05, 4.69) is 214 Å². The molecule has 0 fully saturated rings. The molecule has 314 valence electrons. The number of pyridine rings is 1. The van der Waals surface area contributed by atoms with E-state index in [-0.39, 0.29) is 10.8 Å². The van der Waals surface area contributed by atoms with Crippen molar-refractivity contribution in [3.63, 3.8) is 0 Å². The second-order valence-electron chi connectivity index (χ2n) is 18.8. The lowest BCUT2D eigenvalue weighted by Crippen LogP contribution is -2.17. The largest absolute Gasteiger partial charge is 0.457 e. The minimum absolute atomic E-state index is 0.0477. The van der Waals surface area contributed by atoms with Crippen molar-refractivity contribution in [2.45, 2.75) is 59.3 Å². The molecule has 6 heteroatoms. The molecule has 3 heterocycles. The first-order valence-corrected chi connectivity index (χ1v) is 22.0. The van der Waals surface area contributed by atoms with Gasteiger partial charge in [0.05, 0.1) is 16.7 Å². The summed E-state index contributed by atoms with van der Waals surface area (Å²) < 4.78 is 11.1. The fourth-order valence-electron chi connectivity index (χ4n) is 9.00. The van der Waals surface area contributed by atoms with Crippen molar-refractivity contribution in [2.75, 3.05) is 0 Å². The number of fused-ring (bicyclic) bond motifs is 3. The molecule has 0 saturated carbocycles. The van der Waals surface area contributed by atoms with E-state index in [1.54, 1.807) is 0 Å². The Morgan fingerprint density at radius 2 is 1.16 bits per heavy atom. The first kappa shape index (κ1) is 40.5. The normalized spacial score (nSPS) is 12.0. The maximum atomic E-state index is 6.75. The summed E-state index contributed by atoms with van der Waals surface area (Å²) in [5.74, 6) is 2.98. The van der Waals surface area contributed by atoms with Gasteiger partial charge in [0.2, 0.25) is 0 Å². The average Bonchev–Trinajstić information content (AvgIpc) is 3.92. The molecule has 64 heavy (non-hydrogen) atoms. The van der Waals surface area contributed by atoms with Crippen LogP contribution >= 0.6 is 0 Å². The maximum absolute atomic E-state index is 6.75. The SMILES string of the molecule is Cc1cc(-c2ccccc2)c(-n2cnnc2-c2cccc(Oc3ccc4c5ccccc5n(-c5cc(-c6ccc(C(C)(C)C)cc6C(C)(C)C)ccn5)c4c3)c2)c(-c2ccccc2)c1. The predicted molar refractivity (Wildman–Crippen MR) is 264 cm³/mol. The van der Waals surface area contributed by atoms with Crippen molar-refractivity contribution in [2.24, 2.45) is 0 Å². The first-order valence-electron chi connectivity index (χ1n) is 22.0. The van der Waals surface area contributed by atoms with Crippen LogP contribution in [-0.4, -0.2) is 24.3 Å². The number of aromatic nitrogens is 5. The number of ether oxygens (including phenoxy) is 1. The summed E-state index contributed by atoms with van der Waals surface area (Å²) in [6.07, 6.45) is 3.75. The molecular formula is C58H51N5O. The molecule has 0 atom stereocenters. The second-order valence-corrected chi connectivity index (χ2v) is 18.8. The lowest BCUT2D eigenvalue weighted by atomic mass is 9.77. The molecule has 0 N–H and O–H groups in total. The van der Waals surface area contributed by atoms with Crippen LogP contribution in [0.1, 0.15) is 58.2 Å². The molecule has 0 bridgehead atoms. The molecule has 0 spiro atoms. The zero-order valence-electron chi connectivity index (χ0n) is 37.5. The number of nitrogens with zero attached hydrogens (tertiary/aromatic N) is 5. The smallest absolute Gasteiger partial charge is 0.168 e. The highest BCUT2D eigenvalue weighted by Crippen LogP contribution is 2.41. The standard InChI is InChI=1S/C58H51N5O/c1-38-31-49(39-17-10-8-11-18-39)55(50(32-38)40-19-12-9-13-20-40)62-37-60-61-56(62)42-21-16-22-44(33-42)64-45-26-28-48-47-23-14-15-24-52(47)63(53(48)36-45)54-34-41(29-30-59-54)46-27-25-43(57(2,3)4)35-51(46)58(5,6)7/h8-37H,1-7H3. The zero-order chi connectivity index (χ0) is 44.2. The molecule has 0 amide bonds. The minimum atomic E-state index is -0.0526. The lowest BCUT2D eigenvalue weighted by molar-refractivity contribution is 0.483. The monoisotopic (exact) mass is 833 g/mol. The van der Waals surface area contributed by atoms with Crippen LogP contribution < -0.4 is 4.74 Å². The number of benzene rings is 7. The Hall–Kier alpha value is -7.57. The van der Waals surface area contributed by atoms with Crippen LogP contribution in [0.2, 0.25) is 0 Å². The number of aryl methyl sites for hydroxylation is 1. The van der Waals surface area contributed by atoms with E-state index >= 15 is 0 Å². The molecule has 0 radical (unpaired) electrons. The van der Waals surface area contributed by atoms with Crippen LogP contribution in [0.25, 0.3) is 78.1 Å². The van der Waals surface area contributed by atoms with Gasteiger partial charge < -0.3 is 4.74 Å². The van der Waals surface area contributed by atoms with E-state index in [0.717, 1.165) is 72.4 Å². The third-order valence-electron chi connectivity index (χ3n) is 12.2. The summed E-state index contributed by atoms with van der Waals surface area (Å²) in [6.45, 7) is 15.9. The van der Waals surface area contributed by atoms with Crippen molar-refractivity contribution in [1.82, 2.24) is 24.3 Å². The van der Waals surface area contributed by atoms with Gasteiger partial charge in [0.15, 0.2) is 5.82 Å². The van der Waals surface area contributed by atoms with E-state index in [4.69, 9.17) is 14.8 Å². The highest BCUT2D eigenvalue weighted by molar-refractivity contribution is 6.09. The van der Waals surface area contributed by atoms with Crippen molar-refractivity contribution in [1.29, 1.82) is 0 Å². The molecule has 3 aromatic heterocycles. The lowest BCUT2D eigenvalue weighted by Gasteiger charge is -2.27. The fraction of sp³-hybridized carbons (Fsp3) is 0.155. The van der Waals surface area contributed by atoms with Crippen LogP contribution in [-0.2, 0) is 10.8 Å². The Morgan fingerprint density at radius 3 is 1.86 bits per heavy atom. The van der Waals surface area contributed by atoms with E-state index in [1.165, 1.54) is 22.3 Å². The van der Waals surface area contributed by atoms with Gasteiger partial charge in [0, 0.05) is 39.7 Å². The summed E-state index contributed by atoms with van der Waals surface area (Å²) in [7, 11) is 0. The van der Waals surface area contributed by atoms with Crippen LogP contribution in [0.4, 0.5) is 0 Å². The first-order chi connectivity index (χ1) is 30.9. The van der Waals surface area contributed by atoms with Gasteiger partial charge in [-0.1, -0.05) is 151 Å². The second kappa shape index (κ2) is 16.0. The number of para-hydroxylation sites is 1. The average molecular weight is 834 g/mol. The molecule has 0 saturated heterocycles. The van der Waals surface area contributed by atoms with Crippen molar-refractivity contribution < 1.29 is 4.74 Å². The van der Waals surface area contributed by atoms with Crippen LogP contribution in [0.5, 0.6) is 11.5 Å². The molecule has 10 rings (SSSR count). The van der Waals surface area contributed by atoms with Gasteiger partial charge in [-0.05, 0) is 111 Å². The number of hydrogen-bond donors (Lipinski definition) is 0. The van der Waals surface area contributed by atoms with Gasteiger partial charge in [-0.3, -0.25) is 9.13 Å². The summed E-state index contributed by atoms with van der Waals surface area (Å²) in [6, 6.07) is 59.8. The Balaban J connectivity index is 1.05. The summed E-state index contributed by atoms with van der Waals surface area (Å²) in [5.41, 5.74) is 14.6. The van der Waals surface area contributed by atoms with E-state index in [1.807, 2.05) is 30.7 Å². The minimum Gasteiger partial charge on any atom is -0.457 e. The molecule has 10 aromatic rings. The summed E-state index contributed by atoms with van der Waals surface area (Å²) >= 11 is 0. The van der Waals surface area contributed by atoms with Gasteiger partial charge in [-0.25, -0.2) is 4.98 Å². The molecule has 0 unspecified atom stereocenters. The molecule has 6 nitrogen and oxygen atoms in total. The zero-order valence-corrected chi connectivity index (χ0v) is 37.5. The van der Waals surface area contributed by atoms with Gasteiger partial charge >= 0.3 is 0 Å². The molecule has 7 aromatic carbocycles. The Morgan fingerprint density at radius 1 is 0.500 bits per heavy atom. The highest BCUT2D eigenvalue weighted by Gasteiger charge is 2.24. The number of hydrogen-bond acceptors (Lipinski definition) is 4. The van der Waals surface area contributed by atoms with Crippen LogP contribution in [0.15, 0.2) is 182 Å². The third-order valence-corrected chi connectivity index (χ3v) is 12.2. The van der Waals surface area contributed by atoms with Gasteiger partial charge in [-0.2, -0.15) is 0 Å². The maximum Gasteiger partial charge on any atom is 0.168 e. The summed E-state index contributed by atoms with van der Waals surface area (Å²) in [5, 5.41) is 11.5.